The minimum atomic E-state index is -0.0512. The maximum Gasteiger partial charge on any atom is 0.163 e. The van der Waals surface area contributed by atoms with Crippen LogP contribution in [0, 0.1) is 0 Å². The number of halogens is 1. The molecule has 0 radical (unpaired) electrons. The molecule has 2 aromatic carbocycles. The predicted molar refractivity (Wildman–Crippen MR) is 102 cm³/mol. The van der Waals surface area contributed by atoms with Gasteiger partial charge in [0.05, 0.1) is 12.0 Å². The number of hydrogen-bond acceptors (Lipinski definition) is 3. The Morgan fingerprint density at radius 1 is 1.08 bits per heavy atom. The second kappa shape index (κ2) is 5.85. The summed E-state index contributed by atoms with van der Waals surface area (Å²) < 4.78 is 7.78. The number of fused-ring (bicyclic) bond motifs is 1. The van der Waals surface area contributed by atoms with Gasteiger partial charge in [-0.25, -0.2) is 0 Å². The molecule has 0 unspecified atom stereocenters. The van der Waals surface area contributed by atoms with Crippen molar-refractivity contribution >= 4 is 11.6 Å². The Labute approximate surface area is 157 Å². The monoisotopic (exact) mass is 365 g/mol. The normalized spacial score (nSPS) is 17.5. The summed E-state index contributed by atoms with van der Waals surface area (Å²) in [6, 6.07) is 14.5. The van der Waals surface area contributed by atoms with Crippen molar-refractivity contribution in [3.63, 3.8) is 0 Å². The molecule has 0 atom stereocenters. The standard InChI is InChI=1S/C21H20ClN3O/c1-25-19(15-3-8-18-14(13-15)9-12-26-18)23-24-20(25)21(10-2-11-21)16-4-6-17(22)7-5-16/h3-8,13H,2,9-12H2,1H3. The molecular weight excluding hydrogens is 346 g/mol. The molecule has 5 rings (SSSR count). The van der Waals surface area contributed by atoms with E-state index in [0.717, 1.165) is 53.9 Å². The fourth-order valence-corrected chi connectivity index (χ4v) is 4.39. The van der Waals surface area contributed by atoms with Gasteiger partial charge in [-0.3, -0.25) is 0 Å². The van der Waals surface area contributed by atoms with Crippen LogP contribution in [0.15, 0.2) is 42.5 Å². The van der Waals surface area contributed by atoms with Crippen LogP contribution in [-0.2, 0) is 18.9 Å². The van der Waals surface area contributed by atoms with Crippen molar-refractivity contribution in [3.8, 4) is 17.1 Å². The van der Waals surface area contributed by atoms with Gasteiger partial charge in [0, 0.05) is 24.1 Å². The molecule has 0 N–H and O–H groups in total. The van der Waals surface area contributed by atoms with Crippen LogP contribution in [-0.4, -0.2) is 21.4 Å². The summed E-state index contributed by atoms with van der Waals surface area (Å²) >= 11 is 6.09. The minimum absolute atomic E-state index is 0.0512. The lowest BCUT2D eigenvalue weighted by molar-refractivity contribution is 0.278. The van der Waals surface area contributed by atoms with E-state index in [9.17, 15) is 0 Å². The van der Waals surface area contributed by atoms with Crippen molar-refractivity contribution in [2.24, 2.45) is 7.05 Å². The van der Waals surface area contributed by atoms with E-state index in [2.05, 4.69) is 46.1 Å². The number of nitrogens with zero attached hydrogens (tertiary/aromatic N) is 3. The van der Waals surface area contributed by atoms with Gasteiger partial charge in [-0.2, -0.15) is 0 Å². The highest BCUT2D eigenvalue weighted by Gasteiger charge is 2.44. The molecule has 1 saturated carbocycles. The molecular formula is C21H20ClN3O. The Kier molecular flexibility index (Phi) is 3.57. The van der Waals surface area contributed by atoms with Crippen LogP contribution in [0.2, 0.25) is 5.02 Å². The first kappa shape index (κ1) is 15.9. The van der Waals surface area contributed by atoms with Gasteiger partial charge in [-0.05, 0) is 54.3 Å². The van der Waals surface area contributed by atoms with Gasteiger partial charge in [0.15, 0.2) is 5.82 Å². The Morgan fingerprint density at radius 2 is 1.88 bits per heavy atom. The van der Waals surface area contributed by atoms with Gasteiger partial charge in [0.25, 0.3) is 0 Å². The molecule has 5 heteroatoms. The fourth-order valence-electron chi connectivity index (χ4n) is 4.26. The zero-order chi connectivity index (χ0) is 17.7. The summed E-state index contributed by atoms with van der Waals surface area (Å²) in [6.45, 7) is 0.766. The Morgan fingerprint density at radius 3 is 2.62 bits per heavy atom. The summed E-state index contributed by atoms with van der Waals surface area (Å²) in [5, 5.41) is 9.94. The Balaban J connectivity index is 1.58. The van der Waals surface area contributed by atoms with Gasteiger partial charge in [0.2, 0.25) is 0 Å². The third-order valence-electron chi connectivity index (χ3n) is 5.85. The number of rotatable bonds is 3. The van der Waals surface area contributed by atoms with Crippen molar-refractivity contribution in [3.05, 3.63) is 64.4 Å². The van der Waals surface area contributed by atoms with Gasteiger partial charge < -0.3 is 9.30 Å². The molecule has 0 amide bonds. The highest BCUT2D eigenvalue weighted by Crippen LogP contribution is 2.48. The van der Waals surface area contributed by atoms with Gasteiger partial charge in [-0.1, -0.05) is 30.2 Å². The molecule has 0 saturated heterocycles. The molecule has 1 fully saturated rings. The topological polar surface area (TPSA) is 39.9 Å². The van der Waals surface area contributed by atoms with Crippen LogP contribution in [0.1, 0.15) is 36.2 Å². The fraction of sp³-hybridized carbons (Fsp3) is 0.333. The second-order valence-corrected chi connectivity index (χ2v) is 7.71. The molecule has 132 valence electrons. The summed E-state index contributed by atoms with van der Waals surface area (Å²) in [6.07, 6.45) is 4.36. The zero-order valence-electron chi connectivity index (χ0n) is 14.7. The average molecular weight is 366 g/mol. The number of aromatic nitrogens is 3. The van der Waals surface area contributed by atoms with Gasteiger partial charge in [0.1, 0.15) is 11.6 Å². The molecule has 1 aliphatic carbocycles. The Hall–Kier alpha value is -2.33. The summed E-state index contributed by atoms with van der Waals surface area (Å²) in [7, 11) is 2.07. The van der Waals surface area contributed by atoms with Crippen LogP contribution in [0.3, 0.4) is 0 Å². The lowest BCUT2D eigenvalue weighted by Crippen LogP contribution is -2.38. The maximum atomic E-state index is 6.09. The average Bonchev–Trinajstić information content (AvgIpc) is 3.22. The van der Waals surface area contributed by atoms with E-state index >= 15 is 0 Å². The first-order chi connectivity index (χ1) is 12.7. The van der Waals surface area contributed by atoms with E-state index in [1.54, 1.807) is 0 Å². The van der Waals surface area contributed by atoms with Crippen LogP contribution in [0.5, 0.6) is 5.75 Å². The lowest BCUT2D eigenvalue weighted by Gasteiger charge is -2.41. The molecule has 1 aromatic heterocycles. The number of ether oxygens (including phenoxy) is 1. The highest BCUT2D eigenvalue weighted by molar-refractivity contribution is 6.30. The molecule has 1 aliphatic heterocycles. The first-order valence-corrected chi connectivity index (χ1v) is 9.47. The summed E-state index contributed by atoms with van der Waals surface area (Å²) in [4.78, 5) is 0. The summed E-state index contributed by atoms with van der Waals surface area (Å²) in [5.74, 6) is 2.94. The molecule has 3 aromatic rings. The van der Waals surface area contributed by atoms with E-state index in [1.807, 2.05) is 18.2 Å². The molecule has 2 heterocycles. The van der Waals surface area contributed by atoms with Gasteiger partial charge >= 0.3 is 0 Å². The first-order valence-electron chi connectivity index (χ1n) is 9.09. The Bertz CT molecular complexity index is 973. The van der Waals surface area contributed by atoms with Crippen molar-refractivity contribution in [2.45, 2.75) is 31.1 Å². The largest absolute Gasteiger partial charge is 0.493 e. The van der Waals surface area contributed by atoms with E-state index < -0.39 is 0 Å². The quantitative estimate of drug-likeness (QED) is 0.684. The van der Waals surface area contributed by atoms with Crippen molar-refractivity contribution in [1.82, 2.24) is 14.8 Å². The lowest BCUT2D eigenvalue weighted by atomic mass is 9.64. The second-order valence-electron chi connectivity index (χ2n) is 7.27. The zero-order valence-corrected chi connectivity index (χ0v) is 15.5. The summed E-state index contributed by atoms with van der Waals surface area (Å²) in [5.41, 5.74) is 3.58. The van der Waals surface area contributed by atoms with Gasteiger partial charge in [-0.15, -0.1) is 10.2 Å². The molecule has 2 aliphatic rings. The maximum absolute atomic E-state index is 6.09. The minimum Gasteiger partial charge on any atom is -0.493 e. The molecule has 0 spiro atoms. The molecule has 26 heavy (non-hydrogen) atoms. The molecule has 0 bridgehead atoms. The third kappa shape index (κ3) is 2.28. The van der Waals surface area contributed by atoms with Crippen LogP contribution >= 0.6 is 11.6 Å². The third-order valence-corrected chi connectivity index (χ3v) is 6.11. The predicted octanol–water partition coefficient (Wildman–Crippen LogP) is 4.54. The van der Waals surface area contributed by atoms with E-state index in [0.29, 0.717) is 0 Å². The van der Waals surface area contributed by atoms with E-state index in [1.165, 1.54) is 17.5 Å². The number of benzene rings is 2. The van der Waals surface area contributed by atoms with Crippen LogP contribution in [0.25, 0.3) is 11.4 Å². The number of hydrogen-bond donors (Lipinski definition) is 0. The van der Waals surface area contributed by atoms with Crippen LogP contribution < -0.4 is 4.74 Å². The SMILES string of the molecule is Cn1c(-c2ccc3c(c2)CCO3)nnc1C1(c2ccc(Cl)cc2)CCC1. The van der Waals surface area contributed by atoms with Crippen molar-refractivity contribution < 1.29 is 4.74 Å². The highest BCUT2D eigenvalue weighted by atomic mass is 35.5. The van der Waals surface area contributed by atoms with Crippen molar-refractivity contribution in [1.29, 1.82) is 0 Å². The molecule has 4 nitrogen and oxygen atoms in total. The van der Waals surface area contributed by atoms with E-state index in [4.69, 9.17) is 16.3 Å². The van der Waals surface area contributed by atoms with E-state index in [-0.39, 0.29) is 5.41 Å². The van der Waals surface area contributed by atoms with Crippen LogP contribution in [0.4, 0.5) is 0 Å². The smallest absolute Gasteiger partial charge is 0.163 e. The van der Waals surface area contributed by atoms with Crippen molar-refractivity contribution in [2.75, 3.05) is 6.61 Å².